The Balaban J connectivity index is 2.16. The van der Waals surface area contributed by atoms with Crippen molar-refractivity contribution in [2.45, 2.75) is 32.6 Å². The summed E-state index contributed by atoms with van der Waals surface area (Å²) < 4.78 is 1.25. The number of anilines is 1. The van der Waals surface area contributed by atoms with Gasteiger partial charge in [-0.25, -0.2) is 19.1 Å². The van der Waals surface area contributed by atoms with Crippen LogP contribution in [0.4, 0.5) is 15.5 Å². The van der Waals surface area contributed by atoms with E-state index in [0.29, 0.717) is 17.6 Å². The summed E-state index contributed by atoms with van der Waals surface area (Å²) in [6, 6.07) is 6.64. The number of nitrogens with one attached hydrogen (secondary N) is 2. The number of hydrogen-bond acceptors (Lipinski definition) is 3. The maximum Gasteiger partial charge on any atom is 0.411 e. The highest BCUT2D eigenvalue weighted by Crippen LogP contribution is 2.19. The minimum Gasteiger partial charge on any atom is -0.465 e. The van der Waals surface area contributed by atoms with Gasteiger partial charge >= 0.3 is 12.1 Å². The predicted molar refractivity (Wildman–Crippen MR) is 84.3 cm³/mol. The van der Waals surface area contributed by atoms with Crippen molar-refractivity contribution in [1.29, 1.82) is 0 Å². The van der Waals surface area contributed by atoms with Crippen LogP contribution in [0.1, 0.15) is 32.6 Å². The topological polar surface area (TPSA) is 96.2 Å². The number of carbonyl (C=O) groups is 2. The first-order valence-corrected chi connectivity index (χ1v) is 7.39. The number of amides is 2. The number of imidazole rings is 1. The summed E-state index contributed by atoms with van der Waals surface area (Å²) in [7, 11) is 0. The molecule has 1 aromatic carbocycles. The van der Waals surface area contributed by atoms with Gasteiger partial charge in [-0.1, -0.05) is 38.3 Å². The van der Waals surface area contributed by atoms with Crippen molar-refractivity contribution in [3.8, 4) is 0 Å². The smallest absolute Gasteiger partial charge is 0.411 e. The number of nitrogens with zero attached hydrogens (tertiary/aromatic N) is 2. The summed E-state index contributed by atoms with van der Waals surface area (Å²) >= 11 is 0. The molecule has 2 amide bonds. The molecule has 0 atom stereocenters. The highest BCUT2D eigenvalue weighted by atomic mass is 16.4. The average Bonchev–Trinajstić information content (AvgIpc) is 2.83. The quantitative estimate of drug-likeness (QED) is 0.714. The molecule has 0 aliphatic carbocycles. The molecule has 0 spiro atoms. The van der Waals surface area contributed by atoms with Gasteiger partial charge in [0.05, 0.1) is 11.0 Å². The van der Waals surface area contributed by atoms with Gasteiger partial charge < -0.3 is 10.4 Å². The third-order valence-electron chi connectivity index (χ3n) is 3.29. The number of unbranched alkanes of at least 4 members (excludes halogenated alkanes) is 3. The standard InChI is InChI=1S/C15H20N4O3/c1-2-3-4-7-10-16-14(20)19-12-9-6-5-8-11(12)17-13(19)18-15(21)22/h5-6,8-9H,2-4,7,10H2,1H3,(H,16,20)(H,17,18)(H,21,22). The monoisotopic (exact) mass is 304 g/mol. The molecular formula is C15H20N4O3. The molecule has 2 rings (SSSR count). The van der Waals surface area contributed by atoms with E-state index in [1.165, 1.54) is 4.57 Å². The molecule has 0 radical (unpaired) electrons. The third-order valence-corrected chi connectivity index (χ3v) is 3.29. The maximum absolute atomic E-state index is 12.3. The van der Waals surface area contributed by atoms with Crippen molar-refractivity contribution in [1.82, 2.24) is 14.9 Å². The van der Waals surface area contributed by atoms with Gasteiger partial charge in [0.25, 0.3) is 0 Å². The molecule has 0 saturated heterocycles. The van der Waals surface area contributed by atoms with Crippen LogP contribution in [-0.4, -0.2) is 33.3 Å². The van der Waals surface area contributed by atoms with Crippen LogP contribution in [-0.2, 0) is 0 Å². The molecule has 2 aromatic rings. The van der Waals surface area contributed by atoms with Crippen LogP contribution in [0.25, 0.3) is 11.0 Å². The van der Waals surface area contributed by atoms with Gasteiger partial charge in [-0.3, -0.25) is 5.32 Å². The third kappa shape index (κ3) is 3.75. The van der Waals surface area contributed by atoms with Gasteiger partial charge in [0.1, 0.15) is 0 Å². The van der Waals surface area contributed by atoms with Gasteiger partial charge in [-0.05, 0) is 18.6 Å². The van der Waals surface area contributed by atoms with E-state index in [9.17, 15) is 9.59 Å². The second-order valence-electron chi connectivity index (χ2n) is 4.98. The second-order valence-corrected chi connectivity index (χ2v) is 4.98. The number of carboxylic acid groups (broad SMARTS) is 1. The molecule has 0 aliphatic heterocycles. The van der Waals surface area contributed by atoms with Crippen LogP contribution in [0.3, 0.4) is 0 Å². The van der Waals surface area contributed by atoms with E-state index >= 15 is 0 Å². The minimum absolute atomic E-state index is 0.000224. The molecular weight excluding hydrogens is 284 g/mol. The van der Waals surface area contributed by atoms with Crippen LogP contribution in [0.5, 0.6) is 0 Å². The van der Waals surface area contributed by atoms with Crippen LogP contribution in [0, 0.1) is 0 Å². The molecule has 118 valence electrons. The van der Waals surface area contributed by atoms with Gasteiger partial charge in [0.2, 0.25) is 5.95 Å². The largest absolute Gasteiger partial charge is 0.465 e. The Morgan fingerprint density at radius 2 is 2.00 bits per heavy atom. The highest BCUT2D eigenvalue weighted by molar-refractivity contribution is 5.95. The zero-order valence-corrected chi connectivity index (χ0v) is 12.5. The van der Waals surface area contributed by atoms with Crippen molar-refractivity contribution in [2.24, 2.45) is 0 Å². The van der Waals surface area contributed by atoms with Gasteiger partial charge in [0.15, 0.2) is 0 Å². The van der Waals surface area contributed by atoms with Gasteiger partial charge in [-0.15, -0.1) is 0 Å². The van der Waals surface area contributed by atoms with Crippen LogP contribution < -0.4 is 10.6 Å². The summed E-state index contributed by atoms with van der Waals surface area (Å²) in [6.07, 6.45) is 2.96. The number of rotatable bonds is 6. The summed E-state index contributed by atoms with van der Waals surface area (Å²) in [5, 5.41) is 13.8. The van der Waals surface area contributed by atoms with Crippen molar-refractivity contribution in [3.05, 3.63) is 24.3 Å². The van der Waals surface area contributed by atoms with Crippen molar-refractivity contribution in [2.75, 3.05) is 11.9 Å². The summed E-state index contributed by atoms with van der Waals surface area (Å²) in [5.74, 6) is -0.000224. The van der Waals surface area contributed by atoms with E-state index in [2.05, 4.69) is 22.5 Å². The Kier molecular flexibility index (Phi) is 5.35. The number of benzene rings is 1. The zero-order valence-electron chi connectivity index (χ0n) is 12.5. The number of carbonyl (C=O) groups excluding carboxylic acids is 1. The van der Waals surface area contributed by atoms with Gasteiger partial charge in [-0.2, -0.15) is 0 Å². The molecule has 7 heteroatoms. The molecule has 0 aliphatic rings. The lowest BCUT2D eigenvalue weighted by Gasteiger charge is -2.09. The average molecular weight is 304 g/mol. The number of aromatic nitrogens is 2. The Bertz CT molecular complexity index is 666. The first-order chi connectivity index (χ1) is 10.6. The summed E-state index contributed by atoms with van der Waals surface area (Å²) in [4.78, 5) is 27.3. The Morgan fingerprint density at radius 1 is 1.23 bits per heavy atom. The fraction of sp³-hybridized carbons (Fsp3) is 0.400. The molecule has 1 aromatic heterocycles. The molecule has 22 heavy (non-hydrogen) atoms. The Labute approximate surface area is 128 Å². The molecule has 0 fully saturated rings. The van der Waals surface area contributed by atoms with Crippen molar-refractivity contribution in [3.63, 3.8) is 0 Å². The normalized spacial score (nSPS) is 10.6. The fourth-order valence-corrected chi connectivity index (χ4v) is 2.24. The molecule has 7 nitrogen and oxygen atoms in total. The molecule has 1 heterocycles. The Hall–Kier alpha value is -2.57. The SMILES string of the molecule is CCCCCCNC(=O)n1c(NC(=O)O)nc2ccccc21. The number of fused-ring (bicyclic) bond motifs is 1. The van der Waals surface area contributed by atoms with Crippen LogP contribution >= 0.6 is 0 Å². The Morgan fingerprint density at radius 3 is 2.73 bits per heavy atom. The van der Waals surface area contributed by atoms with Crippen molar-refractivity contribution >= 4 is 29.1 Å². The van der Waals surface area contributed by atoms with E-state index in [1.54, 1.807) is 24.3 Å². The number of para-hydroxylation sites is 2. The molecule has 3 N–H and O–H groups in total. The lowest BCUT2D eigenvalue weighted by atomic mass is 10.2. The van der Waals surface area contributed by atoms with Crippen LogP contribution in [0.2, 0.25) is 0 Å². The molecule has 0 bridgehead atoms. The molecule has 0 saturated carbocycles. The summed E-state index contributed by atoms with van der Waals surface area (Å²) in [5.41, 5.74) is 1.13. The number of hydrogen-bond donors (Lipinski definition) is 3. The van der Waals surface area contributed by atoms with Crippen molar-refractivity contribution < 1.29 is 14.7 Å². The predicted octanol–water partition coefficient (Wildman–Crippen LogP) is 3.26. The van der Waals surface area contributed by atoms with Crippen LogP contribution in [0.15, 0.2) is 24.3 Å². The van der Waals surface area contributed by atoms with E-state index in [-0.39, 0.29) is 12.0 Å². The van der Waals surface area contributed by atoms with E-state index in [4.69, 9.17) is 5.11 Å². The van der Waals surface area contributed by atoms with E-state index in [1.807, 2.05) is 0 Å². The van der Waals surface area contributed by atoms with E-state index < -0.39 is 6.09 Å². The van der Waals surface area contributed by atoms with E-state index in [0.717, 1.165) is 25.7 Å². The zero-order chi connectivity index (χ0) is 15.9. The lowest BCUT2D eigenvalue weighted by Crippen LogP contribution is -2.30. The lowest BCUT2D eigenvalue weighted by molar-refractivity contribution is 0.209. The maximum atomic E-state index is 12.3. The second kappa shape index (κ2) is 7.44. The minimum atomic E-state index is -1.26. The summed E-state index contributed by atoms with van der Waals surface area (Å²) in [6.45, 7) is 2.68. The first-order valence-electron chi connectivity index (χ1n) is 7.39. The first kappa shape index (κ1) is 15.8. The fourth-order valence-electron chi connectivity index (χ4n) is 2.24. The van der Waals surface area contributed by atoms with Gasteiger partial charge in [0, 0.05) is 6.54 Å². The molecule has 0 unspecified atom stereocenters. The highest BCUT2D eigenvalue weighted by Gasteiger charge is 2.17.